The van der Waals surface area contributed by atoms with Gasteiger partial charge in [0.1, 0.15) is 23.3 Å². The molecule has 202 valence electrons. The Morgan fingerprint density at radius 2 is 2.00 bits per heavy atom. The molecule has 5 rings (SSSR count). The maximum absolute atomic E-state index is 15.2. The average Bonchev–Trinajstić information content (AvgIpc) is 3.66. The van der Waals surface area contributed by atoms with Gasteiger partial charge in [-0.15, -0.1) is 11.1 Å². The van der Waals surface area contributed by atoms with Gasteiger partial charge in [0.25, 0.3) is 0 Å². The van der Waals surface area contributed by atoms with Crippen LogP contribution in [0.1, 0.15) is 75.8 Å². The minimum Gasteiger partial charge on any atom is -0.366 e. The van der Waals surface area contributed by atoms with Crippen LogP contribution < -0.4 is 32.0 Å². The molecule has 3 heterocycles. The molecule has 2 aliphatic heterocycles. The van der Waals surface area contributed by atoms with Crippen LogP contribution in [0.2, 0.25) is 0 Å². The van der Waals surface area contributed by atoms with Gasteiger partial charge < -0.3 is 16.0 Å². The standard InChI is InChI=1S/C26H35FN10O/c1-26(2)13-18(7-5-4-6-10-30-26)31-23-17(14-28)15-29-24(33-23)32-21-12-22(37-25(38)36(3)34-35-37)19(11-20(21)27)16-8-9-16/h11-12,15-16,18,30,34-35H,4-10,13H2,1-3H3,(H2,29,31,32,33)/t18-/m0/s1. The number of hydrazine groups is 3. The van der Waals surface area contributed by atoms with Crippen molar-refractivity contribution in [3.05, 3.63) is 35.3 Å². The van der Waals surface area contributed by atoms with E-state index in [1.165, 1.54) is 22.3 Å². The van der Waals surface area contributed by atoms with Gasteiger partial charge in [0.2, 0.25) is 5.95 Å². The Hall–Kier alpha value is -3.53. The summed E-state index contributed by atoms with van der Waals surface area (Å²) in [5.41, 5.74) is 7.30. The van der Waals surface area contributed by atoms with Crippen molar-refractivity contribution < 1.29 is 9.18 Å². The van der Waals surface area contributed by atoms with Gasteiger partial charge in [0.05, 0.1) is 17.6 Å². The minimum atomic E-state index is -0.463. The van der Waals surface area contributed by atoms with E-state index < -0.39 is 5.82 Å². The molecule has 0 spiro atoms. The van der Waals surface area contributed by atoms with Crippen LogP contribution in [0.25, 0.3) is 0 Å². The molecule has 1 aliphatic carbocycles. The highest BCUT2D eigenvalue weighted by molar-refractivity contribution is 5.93. The van der Waals surface area contributed by atoms with Gasteiger partial charge in [-0.05, 0) is 76.1 Å². The Kier molecular flexibility index (Phi) is 7.34. The van der Waals surface area contributed by atoms with Gasteiger partial charge in [-0.1, -0.05) is 12.8 Å². The molecular formula is C26H35FN10O. The Morgan fingerprint density at radius 1 is 1.18 bits per heavy atom. The number of carbonyl (C=O) groups excluding carboxylic acids is 1. The third-order valence-corrected chi connectivity index (χ3v) is 7.27. The summed E-state index contributed by atoms with van der Waals surface area (Å²) >= 11 is 0. The predicted octanol–water partition coefficient (Wildman–Crippen LogP) is 4.02. The molecule has 1 aromatic carbocycles. The first-order valence-electron chi connectivity index (χ1n) is 13.2. The van der Waals surface area contributed by atoms with Crippen LogP contribution in [-0.2, 0) is 0 Å². The summed E-state index contributed by atoms with van der Waals surface area (Å²) in [4.78, 5) is 21.4. The summed E-state index contributed by atoms with van der Waals surface area (Å²) in [5.74, 6) is 0.326. The van der Waals surface area contributed by atoms with Crippen LogP contribution in [0, 0.1) is 17.1 Å². The number of nitrogens with one attached hydrogen (secondary N) is 5. The van der Waals surface area contributed by atoms with Crippen molar-refractivity contribution in [3.63, 3.8) is 0 Å². The van der Waals surface area contributed by atoms with Crippen LogP contribution in [-0.4, -0.2) is 46.2 Å². The van der Waals surface area contributed by atoms with E-state index in [9.17, 15) is 10.1 Å². The van der Waals surface area contributed by atoms with Gasteiger partial charge in [-0.3, -0.25) is 0 Å². The largest absolute Gasteiger partial charge is 0.366 e. The number of halogens is 1. The quantitative estimate of drug-likeness (QED) is 0.381. The summed E-state index contributed by atoms with van der Waals surface area (Å²) in [5, 5.41) is 22.4. The lowest BCUT2D eigenvalue weighted by molar-refractivity contribution is 0.214. The summed E-state index contributed by atoms with van der Waals surface area (Å²) in [7, 11) is 1.60. The number of benzene rings is 1. The monoisotopic (exact) mass is 522 g/mol. The number of hydrogen-bond donors (Lipinski definition) is 5. The van der Waals surface area contributed by atoms with Gasteiger partial charge >= 0.3 is 6.03 Å². The lowest BCUT2D eigenvalue weighted by atomic mass is 9.93. The fraction of sp³-hybridized carbons (Fsp3) is 0.538. The summed E-state index contributed by atoms with van der Waals surface area (Å²) in [6.45, 7) is 5.36. The first-order chi connectivity index (χ1) is 18.2. The van der Waals surface area contributed by atoms with Crippen molar-refractivity contribution in [2.45, 2.75) is 76.3 Å². The molecule has 0 radical (unpaired) electrons. The third kappa shape index (κ3) is 5.80. The zero-order valence-electron chi connectivity index (χ0n) is 22.1. The number of nitrogens with zero attached hydrogens (tertiary/aromatic N) is 5. The topological polar surface area (TPSA) is 133 Å². The Balaban J connectivity index is 1.41. The number of amides is 2. The van der Waals surface area contributed by atoms with Crippen molar-refractivity contribution >= 4 is 29.2 Å². The normalized spacial score (nSPS) is 21.9. The van der Waals surface area contributed by atoms with E-state index in [2.05, 4.69) is 56.9 Å². The molecule has 12 heteroatoms. The van der Waals surface area contributed by atoms with Crippen LogP contribution in [0.5, 0.6) is 0 Å². The van der Waals surface area contributed by atoms with E-state index in [-0.39, 0.29) is 35.2 Å². The molecule has 2 aromatic rings. The van der Waals surface area contributed by atoms with Gasteiger partial charge in [0, 0.05) is 18.6 Å². The minimum absolute atomic E-state index is 0.0598. The number of hydrogen-bond acceptors (Lipinski definition) is 9. The molecule has 1 saturated carbocycles. The lowest BCUT2D eigenvalue weighted by Gasteiger charge is -2.31. The first kappa shape index (κ1) is 26.1. The Morgan fingerprint density at radius 3 is 2.71 bits per heavy atom. The Bertz CT molecular complexity index is 1240. The van der Waals surface area contributed by atoms with Crippen LogP contribution >= 0.6 is 0 Å². The maximum atomic E-state index is 15.2. The van der Waals surface area contributed by atoms with E-state index in [0.29, 0.717) is 17.1 Å². The zero-order chi connectivity index (χ0) is 26.9. The molecular weight excluding hydrogens is 487 g/mol. The second kappa shape index (κ2) is 10.7. The smallest absolute Gasteiger partial charge is 0.355 e. The molecule has 38 heavy (non-hydrogen) atoms. The molecule has 11 nitrogen and oxygen atoms in total. The predicted molar refractivity (Wildman–Crippen MR) is 143 cm³/mol. The van der Waals surface area contributed by atoms with Crippen LogP contribution in [0.3, 0.4) is 0 Å². The molecule has 5 N–H and O–H groups in total. The first-order valence-corrected chi connectivity index (χ1v) is 13.2. The fourth-order valence-corrected chi connectivity index (χ4v) is 5.10. The third-order valence-electron chi connectivity index (χ3n) is 7.27. The number of anilines is 4. The lowest BCUT2D eigenvalue weighted by Crippen LogP contribution is -2.43. The number of carbonyl (C=O) groups is 1. The van der Waals surface area contributed by atoms with Crippen molar-refractivity contribution in [1.29, 1.82) is 5.26 Å². The molecule has 2 amide bonds. The number of urea groups is 1. The average molecular weight is 523 g/mol. The van der Waals surface area contributed by atoms with Crippen LogP contribution in [0.4, 0.5) is 32.3 Å². The van der Waals surface area contributed by atoms with Crippen molar-refractivity contribution in [2.75, 3.05) is 29.2 Å². The van der Waals surface area contributed by atoms with Gasteiger partial charge in [-0.25, -0.2) is 24.2 Å². The molecule has 0 unspecified atom stereocenters. The highest BCUT2D eigenvalue weighted by atomic mass is 19.1. The number of aromatic nitrogens is 2. The Labute approximate surface area is 222 Å². The molecule has 1 aromatic heterocycles. The van der Waals surface area contributed by atoms with Gasteiger partial charge in [-0.2, -0.15) is 10.2 Å². The number of rotatable bonds is 6. The fourth-order valence-electron chi connectivity index (χ4n) is 5.10. The second-order valence-electron chi connectivity index (χ2n) is 11.0. The van der Waals surface area contributed by atoms with E-state index >= 15 is 4.39 Å². The molecule has 2 saturated heterocycles. The van der Waals surface area contributed by atoms with Crippen molar-refractivity contribution in [3.8, 4) is 6.07 Å². The number of nitriles is 1. The van der Waals surface area contributed by atoms with E-state index in [4.69, 9.17) is 0 Å². The molecule has 3 fully saturated rings. The second-order valence-corrected chi connectivity index (χ2v) is 11.0. The van der Waals surface area contributed by atoms with E-state index in [0.717, 1.165) is 57.1 Å². The SMILES string of the molecule is CN1NNN(c2cc(Nc3ncc(C#N)c(N[C@H]4CCCCCNC(C)(C)C4)n3)c(F)cc2C2CC2)C1=O. The van der Waals surface area contributed by atoms with Crippen molar-refractivity contribution in [2.24, 2.45) is 0 Å². The molecule has 1 atom stereocenters. The summed E-state index contributed by atoms with van der Waals surface area (Å²) < 4.78 is 15.2. The van der Waals surface area contributed by atoms with Crippen LogP contribution in [0.15, 0.2) is 18.3 Å². The zero-order valence-corrected chi connectivity index (χ0v) is 22.1. The van der Waals surface area contributed by atoms with Crippen molar-refractivity contribution in [1.82, 2.24) is 31.4 Å². The highest BCUT2D eigenvalue weighted by Crippen LogP contribution is 2.46. The molecule has 0 bridgehead atoms. The molecule has 3 aliphatic rings. The summed E-state index contributed by atoms with van der Waals surface area (Å²) in [6, 6.07) is 5.03. The van der Waals surface area contributed by atoms with E-state index in [1.807, 2.05) is 0 Å². The maximum Gasteiger partial charge on any atom is 0.355 e. The van der Waals surface area contributed by atoms with E-state index in [1.54, 1.807) is 13.1 Å². The summed E-state index contributed by atoms with van der Waals surface area (Å²) in [6.07, 6.45) is 8.53. The van der Waals surface area contributed by atoms with Gasteiger partial charge in [0.15, 0.2) is 0 Å². The highest BCUT2D eigenvalue weighted by Gasteiger charge is 2.34.